The number of benzene rings is 2. The van der Waals surface area contributed by atoms with Gasteiger partial charge in [-0.05, 0) is 72.3 Å². The SMILES string of the molecule is C[C@@H](CSc1nc2ccccc2s1)C[C@@H](C)[C@H](OCc1ccccc1)[C@H](C)C[C@@H](C)[C@H](O[Si](C)(C)C(C)(C)C)[C@H](C)C=O. The zero-order valence-electron chi connectivity index (χ0n) is 28.1. The molecule has 0 radical (unpaired) electrons. The number of carbonyl (C=O) groups is 1. The zero-order chi connectivity index (χ0) is 31.8. The number of fused-ring (bicyclic) bond motifs is 1. The molecular weight excluding hydrogens is 587 g/mol. The molecule has 1 heterocycles. The fourth-order valence-corrected chi connectivity index (χ4v) is 9.42. The predicted molar refractivity (Wildman–Crippen MR) is 189 cm³/mol. The summed E-state index contributed by atoms with van der Waals surface area (Å²) in [5.74, 6) is 2.38. The molecule has 3 aromatic rings. The van der Waals surface area contributed by atoms with Crippen molar-refractivity contribution >= 4 is 47.9 Å². The Bertz CT molecular complexity index is 1230. The highest BCUT2D eigenvalue weighted by atomic mass is 32.2. The number of thioether (sulfide) groups is 1. The standard InChI is InChI=1S/C36H55NO3S2Si/c1-25(24-41-35-37-31-18-14-15-19-32(31)42-35)20-26(2)33(39-23-30-16-12-11-13-17-30)27(3)21-28(4)34(29(5)22-38)40-43(9,10)36(6,7)8/h11-19,22,25-29,33-34H,20-21,23-24H2,1-10H3/t25-,26-,27-,28-,29-,33+,34+/m1/s1. The number of aromatic nitrogens is 1. The fraction of sp³-hybridized carbons (Fsp3) is 0.611. The van der Waals surface area contributed by atoms with Crippen LogP contribution in [0.1, 0.15) is 73.8 Å². The third kappa shape index (κ3) is 10.5. The molecule has 2 aromatic carbocycles. The van der Waals surface area contributed by atoms with Crippen LogP contribution < -0.4 is 0 Å². The van der Waals surface area contributed by atoms with Crippen LogP contribution in [0, 0.1) is 29.6 Å². The van der Waals surface area contributed by atoms with E-state index < -0.39 is 8.32 Å². The number of ether oxygens (including phenoxy) is 1. The first-order valence-corrected chi connectivity index (χ1v) is 20.7. The second-order valence-electron chi connectivity index (χ2n) is 14.4. The Kier molecular flexibility index (Phi) is 13.5. The maximum Gasteiger partial charge on any atom is 0.192 e. The summed E-state index contributed by atoms with van der Waals surface area (Å²) in [7, 11) is -2.04. The maximum atomic E-state index is 12.0. The van der Waals surface area contributed by atoms with Crippen molar-refractivity contribution in [3.63, 3.8) is 0 Å². The number of hydrogen-bond donors (Lipinski definition) is 0. The molecule has 0 aliphatic heterocycles. The largest absolute Gasteiger partial charge is 0.413 e. The van der Waals surface area contributed by atoms with Gasteiger partial charge in [0, 0.05) is 11.7 Å². The summed E-state index contributed by atoms with van der Waals surface area (Å²) >= 11 is 3.66. The first-order chi connectivity index (χ1) is 20.2. The number of rotatable bonds is 17. The van der Waals surface area contributed by atoms with Gasteiger partial charge in [-0.15, -0.1) is 11.3 Å². The Labute approximate surface area is 270 Å². The van der Waals surface area contributed by atoms with Crippen LogP contribution in [0.15, 0.2) is 58.9 Å². The quantitative estimate of drug-likeness (QED) is 0.0834. The Balaban J connectivity index is 1.70. The van der Waals surface area contributed by atoms with Gasteiger partial charge >= 0.3 is 0 Å². The highest BCUT2D eigenvalue weighted by Gasteiger charge is 2.42. The third-order valence-electron chi connectivity index (χ3n) is 9.22. The summed E-state index contributed by atoms with van der Waals surface area (Å²) in [5.41, 5.74) is 2.29. The Morgan fingerprint density at radius 2 is 1.49 bits per heavy atom. The van der Waals surface area contributed by atoms with Gasteiger partial charge in [0.2, 0.25) is 0 Å². The Morgan fingerprint density at radius 1 is 0.884 bits per heavy atom. The van der Waals surface area contributed by atoms with Crippen LogP contribution >= 0.6 is 23.1 Å². The summed E-state index contributed by atoms with van der Waals surface area (Å²) in [4.78, 5) is 16.8. The van der Waals surface area contributed by atoms with Gasteiger partial charge in [-0.3, -0.25) is 0 Å². The lowest BCUT2D eigenvalue weighted by molar-refractivity contribution is -0.114. The lowest BCUT2D eigenvalue weighted by atomic mass is 9.80. The van der Waals surface area contributed by atoms with E-state index in [9.17, 15) is 4.79 Å². The van der Waals surface area contributed by atoms with Crippen LogP contribution in [0.5, 0.6) is 0 Å². The predicted octanol–water partition coefficient (Wildman–Crippen LogP) is 10.5. The highest BCUT2D eigenvalue weighted by molar-refractivity contribution is 8.01. The van der Waals surface area contributed by atoms with E-state index in [2.05, 4.69) is 116 Å². The monoisotopic (exact) mass is 641 g/mol. The number of thiazole rings is 1. The van der Waals surface area contributed by atoms with E-state index in [1.165, 1.54) is 10.3 Å². The van der Waals surface area contributed by atoms with Gasteiger partial charge in [-0.2, -0.15) is 0 Å². The van der Waals surface area contributed by atoms with Gasteiger partial charge in [-0.1, -0.05) is 110 Å². The minimum absolute atomic E-state index is 0.0879. The molecule has 4 nitrogen and oxygen atoms in total. The van der Waals surface area contributed by atoms with Crippen LogP contribution in [0.2, 0.25) is 18.1 Å². The molecule has 0 amide bonds. The van der Waals surface area contributed by atoms with Gasteiger partial charge in [0.1, 0.15) is 6.29 Å². The average molecular weight is 642 g/mol. The molecule has 238 valence electrons. The second kappa shape index (κ2) is 16.2. The first kappa shape index (κ1) is 36.0. The van der Waals surface area contributed by atoms with Crippen molar-refractivity contribution in [1.29, 1.82) is 0 Å². The molecule has 0 N–H and O–H groups in total. The van der Waals surface area contributed by atoms with Gasteiger partial charge in [0.25, 0.3) is 0 Å². The van der Waals surface area contributed by atoms with Crippen LogP contribution in [0.3, 0.4) is 0 Å². The molecule has 1 aromatic heterocycles. The molecule has 0 saturated carbocycles. The van der Waals surface area contributed by atoms with Crippen molar-refractivity contribution in [2.45, 2.75) is 110 Å². The molecule has 0 fully saturated rings. The minimum Gasteiger partial charge on any atom is -0.413 e. The lowest BCUT2D eigenvalue weighted by Gasteiger charge is -2.43. The van der Waals surface area contributed by atoms with Crippen molar-refractivity contribution in [1.82, 2.24) is 4.98 Å². The van der Waals surface area contributed by atoms with E-state index in [1.807, 2.05) is 18.7 Å². The topological polar surface area (TPSA) is 48.4 Å². The van der Waals surface area contributed by atoms with Crippen molar-refractivity contribution in [2.24, 2.45) is 29.6 Å². The third-order valence-corrected chi connectivity index (χ3v) is 16.2. The van der Waals surface area contributed by atoms with E-state index in [-0.39, 0.29) is 29.1 Å². The van der Waals surface area contributed by atoms with Crippen LogP contribution in [-0.2, 0) is 20.6 Å². The average Bonchev–Trinajstić information content (AvgIpc) is 3.37. The molecule has 0 bridgehead atoms. The smallest absolute Gasteiger partial charge is 0.192 e. The molecule has 7 heteroatoms. The van der Waals surface area contributed by atoms with Crippen LogP contribution in [-0.4, -0.2) is 37.5 Å². The summed E-state index contributed by atoms with van der Waals surface area (Å²) in [6.07, 6.45) is 3.14. The van der Waals surface area contributed by atoms with Crippen LogP contribution in [0.25, 0.3) is 10.2 Å². The van der Waals surface area contributed by atoms with E-state index >= 15 is 0 Å². The zero-order valence-corrected chi connectivity index (χ0v) is 30.8. The van der Waals surface area contributed by atoms with E-state index in [0.29, 0.717) is 24.4 Å². The minimum atomic E-state index is -2.04. The Morgan fingerprint density at radius 3 is 2.12 bits per heavy atom. The molecule has 0 spiro atoms. The van der Waals surface area contributed by atoms with Gasteiger partial charge in [0.15, 0.2) is 12.7 Å². The number of para-hydroxylation sites is 1. The number of nitrogens with zero attached hydrogens (tertiary/aromatic N) is 1. The molecule has 43 heavy (non-hydrogen) atoms. The maximum absolute atomic E-state index is 12.0. The van der Waals surface area contributed by atoms with Gasteiger partial charge < -0.3 is 14.0 Å². The molecule has 3 rings (SSSR count). The summed E-state index contributed by atoms with van der Waals surface area (Å²) < 4.78 is 16.1. The first-order valence-electron chi connectivity index (χ1n) is 16.0. The van der Waals surface area contributed by atoms with Gasteiger partial charge in [-0.25, -0.2) is 4.98 Å². The second-order valence-corrected chi connectivity index (χ2v) is 21.4. The molecule has 0 aliphatic carbocycles. The molecule has 0 aliphatic rings. The summed E-state index contributed by atoms with van der Waals surface area (Å²) in [5, 5.41) is 0.0918. The molecule has 7 atom stereocenters. The highest BCUT2D eigenvalue weighted by Crippen LogP contribution is 2.40. The van der Waals surface area contributed by atoms with Crippen molar-refractivity contribution in [3.8, 4) is 0 Å². The van der Waals surface area contributed by atoms with Crippen molar-refractivity contribution in [2.75, 3.05) is 5.75 Å². The van der Waals surface area contributed by atoms with Gasteiger partial charge in [0.05, 0.1) is 29.0 Å². The number of hydrogen-bond acceptors (Lipinski definition) is 6. The summed E-state index contributed by atoms with van der Waals surface area (Å²) in [6, 6.07) is 18.9. The van der Waals surface area contributed by atoms with E-state index in [4.69, 9.17) is 14.1 Å². The molecule has 0 unspecified atom stereocenters. The Hall–Kier alpha value is -1.51. The number of aldehydes is 1. The van der Waals surface area contributed by atoms with Crippen molar-refractivity contribution < 1.29 is 14.0 Å². The molecule has 0 saturated heterocycles. The van der Waals surface area contributed by atoms with Crippen LogP contribution in [0.4, 0.5) is 0 Å². The normalized spacial score (nSPS) is 17.6. The molecular formula is C36H55NO3S2Si. The lowest BCUT2D eigenvalue weighted by Crippen LogP contribution is -2.48. The summed E-state index contributed by atoms with van der Waals surface area (Å²) in [6.45, 7) is 23.3. The van der Waals surface area contributed by atoms with E-state index in [1.54, 1.807) is 11.3 Å². The van der Waals surface area contributed by atoms with Crippen molar-refractivity contribution in [3.05, 3.63) is 60.2 Å². The number of carbonyl (C=O) groups excluding carboxylic acids is 1. The fourth-order valence-electron chi connectivity index (χ4n) is 5.81. The van der Waals surface area contributed by atoms with E-state index in [0.717, 1.165) is 34.7 Å².